The molecule has 11 nitrogen and oxygen atoms in total. The first-order valence-electron chi connectivity index (χ1n) is 15.7. The van der Waals surface area contributed by atoms with E-state index in [0.29, 0.717) is 52.7 Å². The Labute approximate surface area is 286 Å². The maximum atomic E-state index is 12.4. The Morgan fingerprint density at radius 2 is 1.81 bits per heavy atom. The van der Waals surface area contributed by atoms with E-state index < -0.39 is 17.9 Å². The number of carbonyl (C=O) groups is 2. The van der Waals surface area contributed by atoms with Crippen LogP contribution in [0.5, 0.6) is 0 Å². The highest BCUT2D eigenvalue weighted by molar-refractivity contribution is 7.16. The third kappa shape index (κ3) is 11.1. The molecule has 12 heteroatoms. The zero-order chi connectivity index (χ0) is 35.1. The highest BCUT2D eigenvalue weighted by Gasteiger charge is 2.25. The summed E-state index contributed by atoms with van der Waals surface area (Å²) in [5.74, 6) is 1.43. The van der Waals surface area contributed by atoms with Crippen LogP contribution in [0.15, 0.2) is 71.4 Å². The molecule has 0 radical (unpaired) electrons. The normalized spacial score (nSPS) is 12.8. The van der Waals surface area contributed by atoms with Crippen molar-refractivity contribution in [2.45, 2.75) is 72.1 Å². The van der Waals surface area contributed by atoms with Crippen LogP contribution < -0.4 is 10.8 Å². The molecule has 252 valence electrons. The van der Waals surface area contributed by atoms with Crippen LogP contribution in [0, 0.1) is 42.4 Å². The zero-order valence-corrected chi connectivity index (χ0v) is 28.8. The number of hydrogen-bond acceptors (Lipinski definition) is 11. The van der Waals surface area contributed by atoms with Crippen molar-refractivity contribution in [3.05, 3.63) is 88.3 Å². The van der Waals surface area contributed by atoms with E-state index in [1.165, 1.54) is 5.56 Å². The number of benzene rings is 2. The number of esters is 1. The molecule has 48 heavy (non-hydrogen) atoms. The summed E-state index contributed by atoms with van der Waals surface area (Å²) < 4.78 is 11.6. The summed E-state index contributed by atoms with van der Waals surface area (Å²) in [7, 11) is 0. The number of rotatable bonds is 18. The van der Waals surface area contributed by atoms with Crippen molar-refractivity contribution in [3.63, 3.8) is 0 Å². The molecular formula is C36H43N6O5S+. The molecule has 0 saturated heterocycles. The monoisotopic (exact) mass is 671 g/mol. The largest absolute Gasteiger partial charge is 0.463 e. The Hall–Kier alpha value is -4.88. The van der Waals surface area contributed by atoms with Crippen LogP contribution >= 0.6 is 11.3 Å². The molecule has 3 aromatic rings. The van der Waals surface area contributed by atoms with Crippen LogP contribution in [0.3, 0.4) is 0 Å². The van der Waals surface area contributed by atoms with E-state index in [2.05, 4.69) is 62.8 Å². The second-order valence-electron chi connectivity index (χ2n) is 11.5. The summed E-state index contributed by atoms with van der Waals surface area (Å²) in [6, 6.07) is 20.5. The molecule has 0 amide bonds. The van der Waals surface area contributed by atoms with Gasteiger partial charge in [-0.05, 0) is 75.4 Å². The molecule has 0 aliphatic rings. The smallest absolute Gasteiger partial charge is 0.370 e. The Balaban J connectivity index is 1.60. The average molecular weight is 672 g/mol. The first-order valence-corrected chi connectivity index (χ1v) is 16.5. The number of anilines is 1. The lowest BCUT2D eigenvalue weighted by atomic mass is 10.0. The predicted octanol–water partition coefficient (Wildman–Crippen LogP) is 6.93. The van der Waals surface area contributed by atoms with Crippen LogP contribution in [0.25, 0.3) is 0 Å². The van der Waals surface area contributed by atoms with Crippen molar-refractivity contribution < 1.29 is 29.8 Å². The lowest BCUT2D eigenvalue weighted by Gasteiger charge is -2.27. The second-order valence-corrected chi connectivity index (χ2v) is 12.5. The van der Waals surface area contributed by atoms with Crippen molar-refractivity contribution in [3.8, 4) is 12.1 Å². The summed E-state index contributed by atoms with van der Waals surface area (Å²) in [4.78, 5) is 31.5. The van der Waals surface area contributed by atoms with E-state index in [4.69, 9.17) is 9.47 Å². The standard InChI is InChI=1S/C36H43N6O5S/c1-6-10-29(36(44)47-39)20-34(43)46-26(4)16-18-45-25(3)15-17-42(23-28-11-8-7-9-12-28)30-13-14-32(24(2)19-30)40-41-35-31(21-37)27(5)33(22-38)48-35/h6-9,11-14,19,25-26,29H,1,10,15-18,20,23H2,2-5,39H3/q+1. The van der Waals surface area contributed by atoms with Gasteiger partial charge in [0.1, 0.15) is 23.1 Å². The number of allylic oxidation sites excluding steroid dienone is 1. The van der Waals surface area contributed by atoms with Gasteiger partial charge in [-0.3, -0.25) is 9.63 Å². The SMILES string of the molecule is C=CCC(CC(=O)OC(C)CCOC(C)CCN(Cc1ccccc1)c1ccc(N=Nc2sc(C#N)c(C)c2C#N)c(C)c1)C(=O)O[NH3+]. The van der Waals surface area contributed by atoms with E-state index in [-0.39, 0.29) is 18.6 Å². The van der Waals surface area contributed by atoms with E-state index in [1.807, 2.05) is 44.2 Å². The number of ether oxygens (including phenoxy) is 2. The number of hydrogen-bond donors (Lipinski definition) is 1. The predicted molar refractivity (Wildman–Crippen MR) is 183 cm³/mol. The zero-order valence-electron chi connectivity index (χ0n) is 28.0. The summed E-state index contributed by atoms with van der Waals surface area (Å²) >= 11 is 1.16. The van der Waals surface area contributed by atoms with Gasteiger partial charge in [0, 0.05) is 25.2 Å². The molecule has 0 aliphatic heterocycles. The van der Waals surface area contributed by atoms with E-state index in [9.17, 15) is 20.1 Å². The summed E-state index contributed by atoms with van der Waals surface area (Å²) in [6.45, 7) is 13.0. The Morgan fingerprint density at radius 3 is 2.46 bits per heavy atom. The Bertz CT molecular complexity index is 1660. The van der Waals surface area contributed by atoms with Gasteiger partial charge in [-0.25, -0.2) is 4.79 Å². The molecular weight excluding hydrogens is 629 g/mol. The van der Waals surface area contributed by atoms with Gasteiger partial charge in [0.15, 0.2) is 5.00 Å². The van der Waals surface area contributed by atoms with Gasteiger partial charge < -0.3 is 14.4 Å². The number of quaternary nitrogens is 1. The second kappa shape index (κ2) is 19.1. The third-order valence-electron chi connectivity index (χ3n) is 7.76. The summed E-state index contributed by atoms with van der Waals surface area (Å²) in [5.41, 5.74) is 4.80. The van der Waals surface area contributed by atoms with Crippen molar-refractivity contribution in [2.75, 3.05) is 18.1 Å². The third-order valence-corrected chi connectivity index (χ3v) is 8.84. The maximum Gasteiger partial charge on any atom is 0.370 e. The van der Waals surface area contributed by atoms with Gasteiger partial charge in [0.25, 0.3) is 0 Å². The van der Waals surface area contributed by atoms with Crippen LogP contribution in [-0.4, -0.2) is 37.3 Å². The lowest BCUT2D eigenvalue weighted by molar-refractivity contribution is -0.658. The van der Waals surface area contributed by atoms with Crippen molar-refractivity contribution in [1.82, 2.24) is 0 Å². The molecule has 3 atom stereocenters. The molecule has 1 aromatic heterocycles. The molecule has 0 saturated carbocycles. The Morgan fingerprint density at radius 1 is 1.06 bits per heavy atom. The van der Waals surface area contributed by atoms with Crippen molar-refractivity contribution in [2.24, 2.45) is 16.1 Å². The van der Waals surface area contributed by atoms with Gasteiger partial charge in [0.05, 0.1) is 36.3 Å². The number of aryl methyl sites for hydroxylation is 1. The number of carbonyl (C=O) groups excluding carboxylic acids is 2. The van der Waals surface area contributed by atoms with Gasteiger partial charge in [-0.2, -0.15) is 16.4 Å². The highest BCUT2D eigenvalue weighted by atomic mass is 32.1. The molecule has 0 spiro atoms. The minimum absolute atomic E-state index is 0.0500. The summed E-state index contributed by atoms with van der Waals surface area (Å²) in [6.07, 6.45) is 2.62. The van der Waals surface area contributed by atoms with Gasteiger partial charge in [0.2, 0.25) is 0 Å². The molecule has 3 N–H and O–H groups in total. The molecule has 0 aliphatic carbocycles. The molecule has 0 bridgehead atoms. The van der Waals surface area contributed by atoms with Crippen molar-refractivity contribution in [1.29, 1.82) is 10.5 Å². The van der Waals surface area contributed by atoms with Crippen LogP contribution in [0.4, 0.5) is 16.4 Å². The number of azo groups is 1. The van der Waals surface area contributed by atoms with E-state index in [0.717, 1.165) is 35.6 Å². The number of nitrogens with zero attached hydrogens (tertiary/aromatic N) is 5. The van der Waals surface area contributed by atoms with Crippen LogP contribution in [-0.2, 0) is 30.4 Å². The summed E-state index contributed by atoms with van der Waals surface area (Å²) in [5, 5.41) is 28.0. The van der Waals surface area contributed by atoms with E-state index in [1.54, 1.807) is 19.9 Å². The average Bonchev–Trinajstić information content (AvgIpc) is 3.39. The van der Waals surface area contributed by atoms with Crippen LogP contribution in [0.2, 0.25) is 0 Å². The fourth-order valence-corrected chi connectivity index (χ4v) is 5.81. The quantitative estimate of drug-likeness (QED) is 0.0658. The first-order chi connectivity index (χ1) is 23.1. The molecule has 1 heterocycles. The molecule has 0 fully saturated rings. The fraction of sp³-hybridized carbons (Fsp3) is 0.389. The van der Waals surface area contributed by atoms with Crippen LogP contribution in [0.1, 0.15) is 66.7 Å². The van der Waals surface area contributed by atoms with Gasteiger partial charge in [-0.1, -0.05) is 36.4 Å². The highest BCUT2D eigenvalue weighted by Crippen LogP contribution is 2.36. The van der Waals surface area contributed by atoms with Gasteiger partial charge >= 0.3 is 11.9 Å². The minimum Gasteiger partial charge on any atom is -0.463 e. The van der Waals surface area contributed by atoms with Gasteiger partial charge in [-0.15, -0.1) is 28.1 Å². The molecule has 3 rings (SSSR count). The lowest BCUT2D eigenvalue weighted by Crippen LogP contribution is -2.52. The van der Waals surface area contributed by atoms with Crippen molar-refractivity contribution >= 4 is 39.7 Å². The topological polar surface area (TPSA) is 165 Å². The Kier molecular flexibility index (Phi) is 14.9. The number of nitriles is 2. The number of thiophene rings is 1. The molecule has 3 unspecified atom stereocenters. The molecule has 2 aromatic carbocycles. The maximum absolute atomic E-state index is 12.4. The minimum atomic E-state index is -0.661. The van der Waals surface area contributed by atoms with E-state index >= 15 is 0 Å². The first kappa shape index (κ1) is 37.6. The fourth-order valence-electron chi connectivity index (χ4n) is 4.93.